The summed E-state index contributed by atoms with van der Waals surface area (Å²) in [6, 6.07) is 3.72. The third-order valence-electron chi connectivity index (χ3n) is 2.44. The third-order valence-corrected chi connectivity index (χ3v) is 2.44. The molecule has 1 aliphatic carbocycles. The molecule has 0 bridgehead atoms. The summed E-state index contributed by atoms with van der Waals surface area (Å²) in [5.41, 5.74) is 0. The lowest BCUT2D eigenvalue weighted by molar-refractivity contribution is 0.0313. The van der Waals surface area contributed by atoms with Crippen molar-refractivity contribution in [3.05, 3.63) is 29.9 Å². The van der Waals surface area contributed by atoms with E-state index >= 15 is 0 Å². The number of pyridine rings is 1. The lowest BCUT2D eigenvalue weighted by Gasteiger charge is -2.34. The summed E-state index contributed by atoms with van der Waals surface area (Å²) in [6.45, 7) is 0. The third kappa shape index (κ3) is 1.16. The zero-order valence-electron chi connectivity index (χ0n) is 6.77. The number of aromatic nitrogens is 1. The van der Waals surface area contributed by atoms with Crippen LogP contribution >= 0.6 is 0 Å². The summed E-state index contributed by atoms with van der Waals surface area (Å²) in [4.78, 5) is 0. The molecule has 1 aromatic heterocycles. The van der Waals surface area contributed by atoms with Crippen molar-refractivity contribution in [2.75, 3.05) is 0 Å². The molecular formula is C9H12N2O. The molecule has 64 valence electrons. The van der Waals surface area contributed by atoms with E-state index in [1.165, 1.54) is 0 Å². The minimum atomic E-state index is -0.188. The fourth-order valence-electron chi connectivity index (χ4n) is 1.47. The summed E-state index contributed by atoms with van der Waals surface area (Å²) in [7, 11) is 0. The molecule has 3 nitrogen and oxygen atoms in total. The molecule has 1 saturated carbocycles. The van der Waals surface area contributed by atoms with E-state index in [0.29, 0.717) is 5.36 Å². The molecule has 0 aliphatic heterocycles. The Hall–Kier alpha value is -1.09. The lowest BCUT2D eigenvalue weighted by atomic mass is 9.89. The summed E-state index contributed by atoms with van der Waals surface area (Å²) in [6.07, 6.45) is 5.47. The zero-order chi connectivity index (χ0) is 8.55. The predicted octanol–water partition coefficient (Wildman–Crippen LogP) is 0.663. The van der Waals surface area contributed by atoms with Crippen molar-refractivity contribution < 1.29 is 5.11 Å². The maximum absolute atomic E-state index is 9.36. The number of hydrogen-bond donors (Lipinski definition) is 2. The van der Waals surface area contributed by atoms with Gasteiger partial charge in [-0.25, -0.2) is 0 Å². The smallest absolute Gasteiger partial charge is 0.0747 e. The topological polar surface area (TPSA) is 49.0 Å². The molecule has 12 heavy (non-hydrogen) atoms. The zero-order valence-corrected chi connectivity index (χ0v) is 6.77. The van der Waals surface area contributed by atoms with Gasteiger partial charge in [0.05, 0.1) is 17.5 Å². The normalized spacial score (nSPS) is 28.1. The minimum Gasteiger partial charge on any atom is -0.391 e. The van der Waals surface area contributed by atoms with Gasteiger partial charge in [-0.2, -0.15) is 0 Å². The summed E-state index contributed by atoms with van der Waals surface area (Å²) < 4.78 is 1.98. The van der Waals surface area contributed by atoms with E-state index in [4.69, 9.17) is 5.41 Å². The van der Waals surface area contributed by atoms with Crippen LogP contribution in [0.15, 0.2) is 24.5 Å². The molecule has 2 atom stereocenters. The van der Waals surface area contributed by atoms with Gasteiger partial charge in [-0.15, -0.1) is 0 Å². The van der Waals surface area contributed by atoms with Gasteiger partial charge in [0, 0.05) is 12.4 Å². The van der Waals surface area contributed by atoms with E-state index in [0.717, 1.165) is 12.8 Å². The van der Waals surface area contributed by atoms with Gasteiger partial charge in [-0.05, 0) is 25.0 Å². The van der Waals surface area contributed by atoms with E-state index in [1.54, 1.807) is 12.1 Å². The average molecular weight is 164 g/mol. The molecule has 0 spiro atoms. The molecule has 2 rings (SSSR count). The van der Waals surface area contributed by atoms with Gasteiger partial charge in [0.2, 0.25) is 0 Å². The van der Waals surface area contributed by atoms with Crippen LogP contribution in [0.5, 0.6) is 0 Å². The molecule has 1 aliphatic rings. The second-order valence-corrected chi connectivity index (χ2v) is 3.25. The highest BCUT2D eigenvalue weighted by molar-refractivity contribution is 4.97. The van der Waals surface area contributed by atoms with Crippen LogP contribution in [0.2, 0.25) is 0 Å². The first-order valence-electron chi connectivity index (χ1n) is 4.18. The lowest BCUT2D eigenvalue weighted by Crippen LogP contribution is -2.33. The number of rotatable bonds is 1. The van der Waals surface area contributed by atoms with Gasteiger partial charge in [-0.1, -0.05) is 0 Å². The molecule has 0 unspecified atom stereocenters. The average Bonchev–Trinajstić information content (AvgIpc) is 2.06. The van der Waals surface area contributed by atoms with E-state index in [9.17, 15) is 5.11 Å². The van der Waals surface area contributed by atoms with Crippen molar-refractivity contribution in [1.29, 1.82) is 5.41 Å². The van der Waals surface area contributed by atoms with Gasteiger partial charge in [0.25, 0.3) is 0 Å². The summed E-state index contributed by atoms with van der Waals surface area (Å²) in [5.74, 6) is 0. The maximum atomic E-state index is 9.36. The molecule has 3 heteroatoms. The van der Waals surface area contributed by atoms with Crippen LogP contribution in [0.25, 0.3) is 0 Å². The Kier molecular flexibility index (Phi) is 1.73. The highest BCUT2D eigenvalue weighted by Crippen LogP contribution is 2.31. The van der Waals surface area contributed by atoms with Gasteiger partial charge >= 0.3 is 0 Å². The van der Waals surface area contributed by atoms with Crippen molar-refractivity contribution in [1.82, 2.24) is 4.57 Å². The largest absolute Gasteiger partial charge is 0.391 e. The first-order chi connectivity index (χ1) is 5.77. The number of aliphatic hydroxyl groups excluding tert-OH is 1. The summed E-state index contributed by atoms with van der Waals surface area (Å²) >= 11 is 0. The molecular weight excluding hydrogens is 152 g/mol. The molecule has 0 amide bonds. The standard InChI is InChI=1S/C9H12N2O/c10-7-3-5-11(6-4-7)8-1-2-9(8)12/h3-6,8-10,12H,1-2H2/t8-,9-/m1/s1. The van der Waals surface area contributed by atoms with Gasteiger partial charge in [0.1, 0.15) is 0 Å². The maximum Gasteiger partial charge on any atom is 0.0747 e. The fraction of sp³-hybridized carbons (Fsp3) is 0.444. The van der Waals surface area contributed by atoms with E-state index < -0.39 is 0 Å². The molecule has 1 aromatic rings. The second kappa shape index (κ2) is 2.75. The van der Waals surface area contributed by atoms with Gasteiger partial charge in [0.15, 0.2) is 0 Å². The van der Waals surface area contributed by atoms with Crippen molar-refractivity contribution in [3.8, 4) is 0 Å². The van der Waals surface area contributed by atoms with Crippen LogP contribution < -0.4 is 5.36 Å². The highest BCUT2D eigenvalue weighted by atomic mass is 16.3. The number of nitrogens with zero attached hydrogens (tertiary/aromatic N) is 1. The Morgan fingerprint density at radius 2 is 2.00 bits per heavy atom. The highest BCUT2D eigenvalue weighted by Gasteiger charge is 2.29. The first-order valence-corrected chi connectivity index (χ1v) is 4.18. The fourth-order valence-corrected chi connectivity index (χ4v) is 1.47. The van der Waals surface area contributed by atoms with Crippen LogP contribution in [-0.2, 0) is 0 Å². The van der Waals surface area contributed by atoms with Gasteiger partial charge < -0.3 is 15.1 Å². The van der Waals surface area contributed by atoms with E-state index in [-0.39, 0.29) is 12.1 Å². The quantitative estimate of drug-likeness (QED) is 0.629. The van der Waals surface area contributed by atoms with E-state index in [1.807, 2.05) is 17.0 Å². The van der Waals surface area contributed by atoms with Crippen molar-refractivity contribution in [2.24, 2.45) is 0 Å². The van der Waals surface area contributed by atoms with Crippen molar-refractivity contribution in [3.63, 3.8) is 0 Å². The Morgan fingerprint density at radius 3 is 2.42 bits per heavy atom. The molecule has 0 aromatic carbocycles. The van der Waals surface area contributed by atoms with Crippen LogP contribution in [0.3, 0.4) is 0 Å². The molecule has 1 fully saturated rings. The monoisotopic (exact) mass is 164 g/mol. The SMILES string of the molecule is N=c1ccn([C@@H]2CC[C@H]2O)cc1. The second-order valence-electron chi connectivity index (χ2n) is 3.25. The van der Waals surface area contributed by atoms with Crippen LogP contribution in [-0.4, -0.2) is 15.8 Å². The molecule has 1 heterocycles. The Bertz CT molecular complexity index is 311. The van der Waals surface area contributed by atoms with Gasteiger partial charge in [-0.3, -0.25) is 0 Å². The predicted molar refractivity (Wildman–Crippen MR) is 44.6 cm³/mol. The minimum absolute atomic E-state index is 0.188. The van der Waals surface area contributed by atoms with E-state index in [2.05, 4.69) is 0 Å². The first kappa shape index (κ1) is 7.55. The number of aliphatic hydroxyl groups is 1. The Balaban J connectivity index is 2.23. The Labute approximate surface area is 70.8 Å². The Morgan fingerprint density at radius 1 is 1.33 bits per heavy atom. The molecule has 0 saturated heterocycles. The van der Waals surface area contributed by atoms with Crippen molar-refractivity contribution in [2.45, 2.75) is 25.0 Å². The van der Waals surface area contributed by atoms with Crippen LogP contribution in [0.4, 0.5) is 0 Å². The van der Waals surface area contributed by atoms with Crippen LogP contribution in [0.1, 0.15) is 18.9 Å². The van der Waals surface area contributed by atoms with Crippen LogP contribution in [0, 0.1) is 5.41 Å². The number of hydrogen-bond acceptors (Lipinski definition) is 2. The number of nitrogens with one attached hydrogen (secondary N) is 1. The molecule has 0 radical (unpaired) electrons. The summed E-state index contributed by atoms with van der Waals surface area (Å²) in [5, 5.41) is 17.2. The molecule has 2 N–H and O–H groups in total. The van der Waals surface area contributed by atoms with Crippen molar-refractivity contribution >= 4 is 0 Å².